The van der Waals surface area contributed by atoms with Gasteiger partial charge < -0.3 is 10.0 Å². The summed E-state index contributed by atoms with van der Waals surface area (Å²) < 4.78 is 23.0. The van der Waals surface area contributed by atoms with Gasteiger partial charge in [0.05, 0.1) is 16.4 Å². The van der Waals surface area contributed by atoms with E-state index in [-0.39, 0.29) is 23.0 Å². The molecule has 1 saturated heterocycles. The number of nitrogens with zero attached hydrogens (tertiary/aromatic N) is 3. The number of pyridine rings is 1. The molecule has 1 fully saturated rings. The number of sulfone groups is 1. The Labute approximate surface area is 120 Å². The van der Waals surface area contributed by atoms with Gasteiger partial charge in [-0.1, -0.05) is 0 Å². The highest BCUT2D eigenvalue weighted by atomic mass is 32.2. The number of carboxylic acids is 1. The lowest BCUT2D eigenvalue weighted by Crippen LogP contribution is -2.40. The maximum atomic E-state index is 11.5. The van der Waals surface area contributed by atoms with E-state index >= 15 is 0 Å². The van der Waals surface area contributed by atoms with Gasteiger partial charge in [-0.25, -0.2) is 13.4 Å². The molecule has 2 rings (SSSR count). The average Bonchev–Trinajstić information content (AvgIpc) is 2.76. The molecular formula is C11H13N3O6S. The van der Waals surface area contributed by atoms with Gasteiger partial charge in [-0.2, -0.15) is 0 Å². The molecule has 0 radical (unpaired) electrons. The maximum absolute atomic E-state index is 11.5. The Kier molecular flexibility index (Phi) is 4.07. The zero-order valence-corrected chi connectivity index (χ0v) is 11.7. The summed E-state index contributed by atoms with van der Waals surface area (Å²) in [5.41, 5.74) is -0.215. The third-order valence-electron chi connectivity index (χ3n) is 3.19. The van der Waals surface area contributed by atoms with Gasteiger partial charge in [0.1, 0.15) is 18.6 Å². The first kappa shape index (κ1) is 15.2. The highest BCUT2D eigenvalue weighted by Gasteiger charge is 2.34. The number of anilines is 1. The number of aromatic nitrogens is 1. The number of aliphatic carboxylic acids is 1. The number of hydrogen-bond donors (Lipinski definition) is 1. The fourth-order valence-electron chi connectivity index (χ4n) is 2.22. The molecule has 10 heteroatoms. The molecule has 0 saturated carbocycles. The van der Waals surface area contributed by atoms with Crippen molar-refractivity contribution in [3.63, 3.8) is 0 Å². The van der Waals surface area contributed by atoms with Gasteiger partial charge in [0.15, 0.2) is 9.84 Å². The minimum Gasteiger partial charge on any atom is -0.480 e. The lowest BCUT2D eigenvalue weighted by atomic mass is 10.2. The molecule has 2 heterocycles. The van der Waals surface area contributed by atoms with Gasteiger partial charge in [0.2, 0.25) is 0 Å². The van der Waals surface area contributed by atoms with Crippen LogP contribution in [0.25, 0.3) is 0 Å². The molecule has 0 amide bonds. The largest absolute Gasteiger partial charge is 0.480 e. The standard InChI is InChI=1S/C11H13N3O6S/c15-11(16)6-13(9-3-4-21(19,20)7-9)10-2-1-8(5-12-10)14(17)18/h1-2,5,9H,3-4,6-7H2,(H,15,16). The van der Waals surface area contributed by atoms with E-state index in [1.54, 1.807) is 0 Å². The third kappa shape index (κ3) is 3.66. The fraction of sp³-hybridized carbons (Fsp3) is 0.455. The van der Waals surface area contributed by atoms with Crippen LogP contribution in [0.5, 0.6) is 0 Å². The maximum Gasteiger partial charge on any atom is 0.323 e. The zero-order valence-electron chi connectivity index (χ0n) is 10.9. The second-order valence-corrected chi connectivity index (χ2v) is 6.94. The van der Waals surface area contributed by atoms with Gasteiger partial charge >= 0.3 is 5.97 Å². The minimum atomic E-state index is -3.18. The van der Waals surface area contributed by atoms with Gasteiger partial charge in [-0.3, -0.25) is 14.9 Å². The number of rotatable bonds is 5. The molecule has 1 aliphatic rings. The molecule has 114 valence electrons. The molecular weight excluding hydrogens is 302 g/mol. The minimum absolute atomic E-state index is 0.000761. The molecule has 0 bridgehead atoms. The van der Waals surface area contributed by atoms with Gasteiger partial charge in [-0.15, -0.1) is 0 Å². The molecule has 0 spiro atoms. The smallest absolute Gasteiger partial charge is 0.323 e. The Balaban J connectivity index is 2.27. The van der Waals surface area contributed by atoms with E-state index in [0.29, 0.717) is 6.42 Å². The molecule has 1 atom stereocenters. The second-order valence-electron chi connectivity index (χ2n) is 4.71. The van der Waals surface area contributed by atoms with E-state index < -0.39 is 33.3 Å². The van der Waals surface area contributed by atoms with Gasteiger partial charge in [-0.05, 0) is 12.5 Å². The van der Waals surface area contributed by atoms with Crippen LogP contribution in [-0.4, -0.2) is 53.5 Å². The highest BCUT2D eigenvalue weighted by Crippen LogP contribution is 2.24. The lowest BCUT2D eigenvalue weighted by Gasteiger charge is -2.27. The first-order valence-electron chi connectivity index (χ1n) is 6.08. The van der Waals surface area contributed by atoms with Crippen molar-refractivity contribution < 1.29 is 23.2 Å². The van der Waals surface area contributed by atoms with Crippen molar-refractivity contribution in [2.24, 2.45) is 0 Å². The quantitative estimate of drug-likeness (QED) is 0.596. The fourth-order valence-corrected chi connectivity index (χ4v) is 3.95. The Morgan fingerprint density at radius 2 is 2.24 bits per heavy atom. The van der Waals surface area contributed by atoms with Crippen molar-refractivity contribution in [3.8, 4) is 0 Å². The topological polar surface area (TPSA) is 131 Å². The van der Waals surface area contributed by atoms with E-state index in [4.69, 9.17) is 5.11 Å². The Morgan fingerprint density at radius 3 is 2.67 bits per heavy atom. The SMILES string of the molecule is O=C(O)CN(c1ccc([N+](=O)[O-])cn1)C1CCS(=O)(=O)C1. The van der Waals surface area contributed by atoms with E-state index in [1.807, 2.05) is 0 Å². The molecule has 1 N–H and O–H groups in total. The molecule has 0 aliphatic carbocycles. The van der Waals surface area contributed by atoms with Crippen LogP contribution in [0.1, 0.15) is 6.42 Å². The average molecular weight is 315 g/mol. The molecule has 9 nitrogen and oxygen atoms in total. The normalized spacial score (nSPS) is 20.1. The predicted molar refractivity (Wildman–Crippen MR) is 72.9 cm³/mol. The second kappa shape index (κ2) is 5.64. The highest BCUT2D eigenvalue weighted by molar-refractivity contribution is 7.91. The van der Waals surface area contributed by atoms with E-state index in [2.05, 4.69) is 4.98 Å². The Morgan fingerprint density at radius 1 is 1.52 bits per heavy atom. The summed E-state index contributed by atoms with van der Waals surface area (Å²) in [5, 5.41) is 19.5. The number of nitro groups is 1. The first-order chi connectivity index (χ1) is 9.78. The van der Waals surface area contributed by atoms with Crippen LogP contribution in [0.4, 0.5) is 11.5 Å². The Hall–Kier alpha value is -2.23. The third-order valence-corrected chi connectivity index (χ3v) is 4.94. The summed E-state index contributed by atoms with van der Waals surface area (Å²) >= 11 is 0. The van der Waals surface area contributed by atoms with Crippen LogP contribution < -0.4 is 4.90 Å². The lowest BCUT2D eigenvalue weighted by molar-refractivity contribution is -0.385. The van der Waals surface area contributed by atoms with Crippen LogP contribution in [0.3, 0.4) is 0 Å². The molecule has 1 unspecified atom stereocenters. The molecule has 1 aromatic rings. The first-order valence-corrected chi connectivity index (χ1v) is 7.90. The van der Waals surface area contributed by atoms with E-state index in [9.17, 15) is 23.3 Å². The van der Waals surface area contributed by atoms with Crippen LogP contribution >= 0.6 is 0 Å². The molecule has 1 aromatic heterocycles. The van der Waals surface area contributed by atoms with Crippen LogP contribution in [-0.2, 0) is 14.6 Å². The van der Waals surface area contributed by atoms with Crippen LogP contribution in [0.15, 0.2) is 18.3 Å². The molecule has 0 aromatic carbocycles. The van der Waals surface area contributed by atoms with Crippen molar-refractivity contribution in [1.82, 2.24) is 4.98 Å². The number of hydrogen-bond acceptors (Lipinski definition) is 7. The molecule has 1 aliphatic heterocycles. The number of carboxylic acid groups (broad SMARTS) is 1. The predicted octanol–water partition coefficient (Wildman–Crippen LogP) is 0.0679. The van der Waals surface area contributed by atoms with Crippen molar-refractivity contribution in [3.05, 3.63) is 28.4 Å². The zero-order chi connectivity index (χ0) is 15.6. The number of carbonyl (C=O) groups is 1. The summed E-state index contributed by atoms with van der Waals surface area (Å²) in [7, 11) is -3.18. The summed E-state index contributed by atoms with van der Waals surface area (Å²) in [6.45, 7) is -0.412. The van der Waals surface area contributed by atoms with Crippen molar-refractivity contribution >= 4 is 27.3 Å². The summed E-state index contributed by atoms with van der Waals surface area (Å²) in [6, 6.07) is 2.05. The monoisotopic (exact) mass is 315 g/mol. The summed E-state index contributed by atoms with van der Waals surface area (Å²) in [5.74, 6) is -1.05. The Bertz CT molecular complexity index is 657. The van der Waals surface area contributed by atoms with Crippen LogP contribution in [0.2, 0.25) is 0 Å². The van der Waals surface area contributed by atoms with Crippen molar-refractivity contribution in [2.75, 3.05) is 23.0 Å². The van der Waals surface area contributed by atoms with Gasteiger partial charge in [0.25, 0.3) is 5.69 Å². The van der Waals surface area contributed by atoms with Gasteiger partial charge in [0, 0.05) is 12.1 Å². The molecule has 21 heavy (non-hydrogen) atoms. The van der Waals surface area contributed by atoms with E-state index in [0.717, 1.165) is 6.20 Å². The van der Waals surface area contributed by atoms with E-state index in [1.165, 1.54) is 17.0 Å². The van der Waals surface area contributed by atoms with Crippen molar-refractivity contribution in [1.29, 1.82) is 0 Å². The summed E-state index contributed by atoms with van der Waals surface area (Å²) in [6.07, 6.45) is 1.34. The van der Waals surface area contributed by atoms with Crippen LogP contribution in [0, 0.1) is 10.1 Å². The summed E-state index contributed by atoms with van der Waals surface area (Å²) in [4.78, 5) is 26.1. The van der Waals surface area contributed by atoms with Crippen molar-refractivity contribution in [2.45, 2.75) is 12.5 Å².